The second-order valence-corrected chi connectivity index (χ2v) is 7.06. The molecular weight excluding hydrogens is 282 g/mol. The van der Waals surface area contributed by atoms with E-state index in [2.05, 4.69) is 5.10 Å². The van der Waals surface area contributed by atoms with Crippen LogP contribution in [0.25, 0.3) is 0 Å². The van der Waals surface area contributed by atoms with Crippen LogP contribution in [0, 0.1) is 0 Å². The third kappa shape index (κ3) is 2.89. The molecule has 1 aromatic heterocycles. The lowest BCUT2D eigenvalue weighted by Gasteiger charge is -2.31. The molecule has 1 saturated heterocycles. The first kappa shape index (κ1) is 15.1. The van der Waals surface area contributed by atoms with Crippen molar-refractivity contribution in [1.82, 2.24) is 9.78 Å². The van der Waals surface area contributed by atoms with E-state index in [0.717, 1.165) is 19.1 Å². The van der Waals surface area contributed by atoms with Gasteiger partial charge in [0.25, 0.3) is 0 Å². The fourth-order valence-electron chi connectivity index (χ4n) is 2.48. The number of aliphatic hydroxyl groups is 1. The molecule has 114 valence electrons. The zero-order chi connectivity index (χ0) is 14.9. The zero-order valence-electron chi connectivity index (χ0n) is 11.5. The van der Waals surface area contributed by atoms with Gasteiger partial charge in [0, 0.05) is 25.4 Å². The molecule has 2 heterocycles. The third-order valence-electron chi connectivity index (χ3n) is 3.37. The van der Waals surface area contributed by atoms with Crippen molar-refractivity contribution in [2.75, 3.05) is 36.6 Å². The Hall–Kier alpha value is -1.32. The molecule has 5 N–H and O–H groups in total. The predicted octanol–water partition coefficient (Wildman–Crippen LogP) is -1.21. The molecule has 1 aliphatic heterocycles. The minimum atomic E-state index is -3.50. The van der Waals surface area contributed by atoms with Crippen LogP contribution in [0.5, 0.6) is 0 Å². The highest BCUT2D eigenvalue weighted by atomic mass is 32.2. The summed E-state index contributed by atoms with van der Waals surface area (Å²) in [6, 6.07) is 0.000349. The molecule has 20 heavy (non-hydrogen) atoms. The van der Waals surface area contributed by atoms with Crippen molar-refractivity contribution in [1.29, 1.82) is 0 Å². The van der Waals surface area contributed by atoms with E-state index in [9.17, 15) is 8.42 Å². The summed E-state index contributed by atoms with van der Waals surface area (Å²) in [4.78, 5) is 1.88. The Balaban J connectivity index is 2.48. The van der Waals surface area contributed by atoms with E-state index in [1.54, 1.807) is 0 Å². The van der Waals surface area contributed by atoms with Gasteiger partial charge >= 0.3 is 0 Å². The minimum Gasteiger partial charge on any atom is -0.394 e. The lowest BCUT2D eigenvalue weighted by molar-refractivity contribution is 0.270. The van der Waals surface area contributed by atoms with E-state index in [-0.39, 0.29) is 29.9 Å². The fraction of sp³-hybridized carbons (Fsp3) is 0.727. The number of anilines is 2. The molecule has 0 aliphatic carbocycles. The molecule has 0 bridgehead atoms. The van der Waals surface area contributed by atoms with Gasteiger partial charge < -0.3 is 21.5 Å². The van der Waals surface area contributed by atoms with Crippen molar-refractivity contribution < 1.29 is 13.5 Å². The number of nitrogen functional groups attached to an aromatic ring is 1. The van der Waals surface area contributed by atoms with Gasteiger partial charge in [0.2, 0.25) is 0 Å². The van der Waals surface area contributed by atoms with Crippen LogP contribution < -0.4 is 16.4 Å². The summed E-state index contributed by atoms with van der Waals surface area (Å²) in [7, 11) is -3.50. The SMILES string of the molecule is CS(=O)(=O)c1c(N2CCCC(N)C2)nn(CCO)c1N. The standard InChI is InChI=1S/C11H21N5O3S/c1-20(18,19)9-10(13)16(5-6-17)14-11(9)15-4-2-3-8(12)7-15/h8,17H,2-7,12-13H2,1H3. The molecule has 1 unspecified atom stereocenters. The minimum absolute atomic E-state index is 0.000349. The highest BCUT2D eigenvalue weighted by Crippen LogP contribution is 2.31. The Morgan fingerprint density at radius 2 is 2.20 bits per heavy atom. The summed E-state index contributed by atoms with van der Waals surface area (Å²) >= 11 is 0. The molecule has 0 saturated carbocycles. The molecule has 2 rings (SSSR count). The molecule has 1 fully saturated rings. The van der Waals surface area contributed by atoms with Gasteiger partial charge in [-0.1, -0.05) is 0 Å². The molecule has 9 heteroatoms. The Morgan fingerprint density at radius 3 is 2.75 bits per heavy atom. The van der Waals surface area contributed by atoms with Crippen LogP contribution in [0.15, 0.2) is 4.90 Å². The second-order valence-electron chi connectivity index (χ2n) is 5.11. The Bertz CT molecular complexity index is 583. The highest BCUT2D eigenvalue weighted by Gasteiger charge is 2.29. The summed E-state index contributed by atoms with van der Waals surface area (Å²) in [5.41, 5.74) is 11.8. The first-order valence-corrected chi connectivity index (χ1v) is 8.41. The smallest absolute Gasteiger partial charge is 0.182 e. The van der Waals surface area contributed by atoms with Crippen molar-refractivity contribution in [2.24, 2.45) is 5.73 Å². The normalized spacial score (nSPS) is 20.4. The fourth-order valence-corrected chi connectivity index (χ4v) is 3.46. The van der Waals surface area contributed by atoms with Crippen molar-refractivity contribution in [3.63, 3.8) is 0 Å². The third-order valence-corrected chi connectivity index (χ3v) is 4.50. The van der Waals surface area contributed by atoms with Gasteiger partial charge in [-0.2, -0.15) is 5.10 Å². The number of hydrogen-bond acceptors (Lipinski definition) is 7. The lowest BCUT2D eigenvalue weighted by atomic mass is 10.1. The van der Waals surface area contributed by atoms with E-state index >= 15 is 0 Å². The highest BCUT2D eigenvalue weighted by molar-refractivity contribution is 7.91. The van der Waals surface area contributed by atoms with E-state index in [0.29, 0.717) is 18.9 Å². The number of nitrogens with two attached hydrogens (primary N) is 2. The summed E-state index contributed by atoms with van der Waals surface area (Å²) in [6.07, 6.45) is 2.91. The number of aliphatic hydroxyl groups excluding tert-OH is 1. The summed E-state index contributed by atoms with van der Waals surface area (Å²) in [5, 5.41) is 13.2. The number of aromatic nitrogens is 2. The molecular formula is C11H21N5O3S. The summed E-state index contributed by atoms with van der Waals surface area (Å²) in [5.74, 6) is 0.407. The molecule has 0 aromatic carbocycles. The number of rotatable bonds is 4. The van der Waals surface area contributed by atoms with E-state index in [4.69, 9.17) is 16.6 Å². The van der Waals surface area contributed by atoms with E-state index in [1.807, 2.05) is 4.90 Å². The van der Waals surface area contributed by atoms with E-state index < -0.39 is 9.84 Å². The zero-order valence-corrected chi connectivity index (χ0v) is 12.3. The predicted molar refractivity (Wildman–Crippen MR) is 76.3 cm³/mol. The maximum atomic E-state index is 12.0. The largest absolute Gasteiger partial charge is 0.394 e. The van der Waals surface area contributed by atoms with Crippen LogP contribution in [-0.4, -0.2) is 55.3 Å². The number of hydrogen-bond donors (Lipinski definition) is 3. The van der Waals surface area contributed by atoms with Gasteiger partial charge in [0.15, 0.2) is 20.6 Å². The van der Waals surface area contributed by atoms with Crippen LogP contribution in [0.3, 0.4) is 0 Å². The average molecular weight is 303 g/mol. The average Bonchev–Trinajstić information content (AvgIpc) is 2.67. The van der Waals surface area contributed by atoms with Crippen molar-refractivity contribution in [2.45, 2.75) is 30.3 Å². The molecule has 8 nitrogen and oxygen atoms in total. The molecule has 1 atom stereocenters. The molecule has 0 radical (unpaired) electrons. The number of nitrogens with zero attached hydrogens (tertiary/aromatic N) is 3. The van der Waals surface area contributed by atoms with Crippen molar-refractivity contribution >= 4 is 21.5 Å². The first-order chi connectivity index (χ1) is 9.34. The molecule has 0 spiro atoms. The maximum Gasteiger partial charge on any atom is 0.182 e. The number of piperidine rings is 1. The first-order valence-electron chi connectivity index (χ1n) is 6.52. The van der Waals surface area contributed by atoms with Gasteiger partial charge in [0.05, 0.1) is 13.2 Å². The van der Waals surface area contributed by atoms with Crippen LogP contribution in [0.2, 0.25) is 0 Å². The molecule has 1 aliphatic rings. The summed E-state index contributed by atoms with van der Waals surface area (Å²) < 4.78 is 25.3. The second kappa shape index (κ2) is 5.58. The van der Waals surface area contributed by atoms with Gasteiger partial charge in [0.1, 0.15) is 5.82 Å². The van der Waals surface area contributed by atoms with Crippen LogP contribution in [0.4, 0.5) is 11.6 Å². The van der Waals surface area contributed by atoms with Gasteiger partial charge in [-0.05, 0) is 12.8 Å². The number of sulfone groups is 1. The van der Waals surface area contributed by atoms with Crippen LogP contribution in [0.1, 0.15) is 12.8 Å². The van der Waals surface area contributed by atoms with E-state index in [1.165, 1.54) is 4.68 Å². The van der Waals surface area contributed by atoms with Gasteiger partial charge in [-0.15, -0.1) is 0 Å². The van der Waals surface area contributed by atoms with Crippen molar-refractivity contribution in [3.05, 3.63) is 0 Å². The Kier molecular flexibility index (Phi) is 4.21. The Morgan fingerprint density at radius 1 is 1.50 bits per heavy atom. The van der Waals surface area contributed by atoms with Crippen LogP contribution >= 0.6 is 0 Å². The van der Waals surface area contributed by atoms with Crippen molar-refractivity contribution in [3.8, 4) is 0 Å². The molecule has 1 aromatic rings. The monoisotopic (exact) mass is 303 g/mol. The van der Waals surface area contributed by atoms with Gasteiger partial charge in [-0.25, -0.2) is 13.1 Å². The molecule has 0 amide bonds. The maximum absolute atomic E-state index is 12.0. The van der Waals surface area contributed by atoms with Crippen LogP contribution in [-0.2, 0) is 16.4 Å². The summed E-state index contributed by atoms with van der Waals surface area (Å²) in [6.45, 7) is 1.26. The lowest BCUT2D eigenvalue weighted by Crippen LogP contribution is -2.43. The Labute approximate surface area is 118 Å². The topological polar surface area (TPSA) is 127 Å². The van der Waals surface area contributed by atoms with Gasteiger partial charge in [-0.3, -0.25) is 0 Å². The quantitative estimate of drug-likeness (QED) is 0.636.